The molecule has 9 rings (SSSR count). The van der Waals surface area contributed by atoms with Crippen LogP contribution in [0.1, 0.15) is 122 Å². The van der Waals surface area contributed by atoms with Gasteiger partial charge in [-0.25, -0.2) is 5.21 Å². The van der Waals surface area contributed by atoms with E-state index < -0.39 is 5.54 Å². The van der Waals surface area contributed by atoms with Crippen molar-refractivity contribution in [2.75, 3.05) is 233 Å². The Morgan fingerprint density at radius 2 is 0.694 bits per heavy atom. The molecule has 6 unspecified atom stereocenters. The molecule has 0 saturated carbocycles. The third-order valence-corrected chi connectivity index (χ3v) is 19.0. The number of nitrogens with zero attached hydrogens (tertiary/aromatic N) is 6. The van der Waals surface area contributed by atoms with Gasteiger partial charge in [0.2, 0.25) is 0 Å². The Hall–Kier alpha value is 0.350. The third-order valence-electron chi connectivity index (χ3n) is 18.0. The molecule has 6 atom stereocenters. The molecule has 0 aromatic carbocycles. The van der Waals surface area contributed by atoms with Crippen molar-refractivity contribution in [2.45, 2.75) is 209 Å². The summed E-state index contributed by atoms with van der Waals surface area (Å²) in [5.41, 5.74) is 16.3. The highest BCUT2D eigenvalue weighted by Crippen LogP contribution is 2.42. The number of alkyl halides is 3. The van der Waals surface area contributed by atoms with E-state index in [1.165, 1.54) is 12.8 Å². The fourth-order valence-corrected chi connectivity index (χ4v) is 13.1. The van der Waals surface area contributed by atoms with Gasteiger partial charge in [0.25, 0.3) is 0 Å². The fourth-order valence-electron chi connectivity index (χ4n) is 12.5. The second-order valence-corrected chi connectivity index (χ2v) is 35.2. The summed E-state index contributed by atoms with van der Waals surface area (Å²) in [4.78, 5) is 4.91. The molecule has 0 aliphatic carbocycles. The van der Waals surface area contributed by atoms with E-state index in [2.05, 4.69) is 208 Å². The van der Waals surface area contributed by atoms with E-state index in [-0.39, 0.29) is 70.5 Å². The third kappa shape index (κ3) is 50.0. The first-order valence-corrected chi connectivity index (χ1v) is 37.1. The Bertz CT molecular complexity index is 1860. The molecule has 98 heavy (non-hydrogen) atoms. The first-order chi connectivity index (χ1) is 43.8. The highest BCUT2D eigenvalue weighted by atomic mass is 35.5. The average molecular weight is 1530 g/mol. The lowest BCUT2D eigenvalue weighted by Gasteiger charge is -2.56. The van der Waals surface area contributed by atoms with Crippen LogP contribution in [0.5, 0.6) is 0 Å². The van der Waals surface area contributed by atoms with Crippen LogP contribution < -0.4 is 91.4 Å². The van der Waals surface area contributed by atoms with Crippen molar-refractivity contribution in [1.82, 2.24) is 41.7 Å². The number of hydrogen-bond donors (Lipinski definition) is 11. The van der Waals surface area contributed by atoms with Gasteiger partial charge in [-0.2, -0.15) is 10.3 Å². The summed E-state index contributed by atoms with van der Waals surface area (Å²) >= 11 is 15.8. The average Bonchev–Trinajstić information content (AvgIpc) is 1.77. The number of nitrogens with one attached hydrogen (secondary N) is 7. The van der Waals surface area contributed by atoms with E-state index in [1.807, 2.05) is 0 Å². The van der Waals surface area contributed by atoms with Crippen LogP contribution in [0.4, 0.5) is 0 Å². The number of epoxide rings is 6. The van der Waals surface area contributed by atoms with Crippen LogP contribution in [0.3, 0.4) is 0 Å². The second kappa shape index (κ2) is 48.6. The van der Waals surface area contributed by atoms with Crippen molar-refractivity contribution in [3.05, 3.63) is 0 Å². The fraction of sp³-hybridized carbons (Fsp3) is 0.986. The quantitative estimate of drug-likeness (QED) is 0.0158. The Labute approximate surface area is 632 Å². The first-order valence-electron chi connectivity index (χ1n) is 35.5. The SMILES string of the molecule is CC1(C)CC(NCCNCCN)CC(C)(C)[NH+]1O.CN1C(C)(C)CC(C#N)(NCCNCCN)CC1(C)C.CN1C(C)(C)CC(NCCNCCN)CC1(C)C.C[N+](C)(C)CC1CO1.C[N+](C)(C)CC1CO1.C[N+](C)(C)CC1CO1.ClCC1CO1.ClCC1CO1.ClCC1CO1.[Cl-].[Cl-].[Cl-]. The van der Waals surface area contributed by atoms with Crippen LogP contribution in [0.2, 0.25) is 0 Å². The standard InChI is InChI=1S/C15H31N5.C14H32N4.C13H30N4O.3C6H14NO.3C3H5ClO.3ClH/c1-13(2)10-15(12-17,11-14(3,4)20(13)5)19-9-8-18-7-6-16;1-13(2)10-12(11-14(3,4)18(13)5)17-9-8-16-7-6-15;1-12(2)9-11(10-13(3,4)17(12)18)16-8-7-15-6-5-14;3*1-7(2,3)4-6-5-8-6;3*4-1-3-2-5-3;;;/h18-19H,6-11,16H2,1-5H3;12,16-17H,6-11,15H2,1-5H3;11,15-16,18H,5-10,14H2,1-4H3;3*6H,4-5H2,1-3H3;3*3H,1-2H2;3*1H/q;;;3*+1;;;;;;/p-2. The Morgan fingerprint density at radius 1 is 0.439 bits per heavy atom. The molecule has 0 radical (unpaired) electrons. The van der Waals surface area contributed by atoms with Crippen molar-refractivity contribution < 1.29 is 89.4 Å². The number of hydrogen-bond acceptors (Lipinski definition) is 19. The van der Waals surface area contributed by atoms with Crippen molar-refractivity contribution in [1.29, 1.82) is 5.26 Å². The molecule has 9 saturated heterocycles. The Morgan fingerprint density at radius 3 is 0.908 bits per heavy atom. The summed E-state index contributed by atoms with van der Waals surface area (Å²) < 4.78 is 32.4. The number of likely N-dealkylation sites (tertiary alicyclic amines) is 2. The van der Waals surface area contributed by atoms with Crippen LogP contribution in [-0.4, -0.2) is 349 Å². The molecule has 0 bridgehead atoms. The minimum absolute atomic E-state index is 0. The maximum atomic E-state index is 10.3. The molecule has 9 fully saturated rings. The molecule has 9 aliphatic heterocycles. The summed E-state index contributed by atoms with van der Waals surface area (Å²) in [6.45, 7) is 46.0. The van der Waals surface area contributed by atoms with Crippen molar-refractivity contribution in [2.24, 2.45) is 17.2 Å². The number of rotatable bonds is 27. The van der Waals surface area contributed by atoms with Crippen LogP contribution in [-0.2, 0) is 28.4 Å². The van der Waals surface area contributed by atoms with E-state index in [0.717, 1.165) is 157 Å². The number of likely N-dealkylation sites (N-methyl/N-ethyl adjacent to an activating group) is 3. The zero-order valence-corrected chi connectivity index (χ0v) is 70.4. The van der Waals surface area contributed by atoms with Crippen molar-refractivity contribution in [3.63, 3.8) is 0 Å². The van der Waals surface area contributed by atoms with E-state index in [1.54, 1.807) is 0 Å². The van der Waals surface area contributed by atoms with E-state index in [0.29, 0.717) is 91.0 Å². The van der Waals surface area contributed by atoms with Crippen LogP contribution in [0, 0.1) is 11.3 Å². The molecule has 0 amide bonds. The number of nitriles is 1. The number of quaternary nitrogens is 4. The summed E-state index contributed by atoms with van der Waals surface area (Å²) in [5, 5.41) is 41.3. The predicted octanol–water partition coefficient (Wildman–Crippen LogP) is -6.28. The van der Waals surface area contributed by atoms with Gasteiger partial charge in [-0.05, 0) is 123 Å². The van der Waals surface area contributed by atoms with Gasteiger partial charge in [-0.3, -0.25) is 15.1 Å². The predicted molar refractivity (Wildman–Crippen MR) is 395 cm³/mol. The zero-order valence-electron chi connectivity index (χ0n) is 65.9. The lowest BCUT2D eigenvalue weighted by Crippen LogP contribution is -3.25. The molecule has 23 nitrogen and oxygen atoms in total. The summed E-state index contributed by atoms with van der Waals surface area (Å²) in [5.74, 6) is 2.00. The number of nitrogens with two attached hydrogens (primary N) is 3. The van der Waals surface area contributed by atoms with Gasteiger partial charge < -0.3 is 123 Å². The van der Waals surface area contributed by atoms with Crippen molar-refractivity contribution in [3.8, 4) is 6.07 Å². The number of ether oxygens (including phenoxy) is 6. The lowest BCUT2D eigenvalue weighted by atomic mass is 9.70. The Kier molecular flexibility index (Phi) is 50.9. The molecule has 9 aliphatic rings. The van der Waals surface area contributed by atoms with Gasteiger partial charge in [0.05, 0.1) is 145 Å². The zero-order chi connectivity index (χ0) is 72.8. The molecule has 14 N–H and O–H groups in total. The maximum absolute atomic E-state index is 10.3. The Balaban J connectivity index is -0.00000108. The van der Waals surface area contributed by atoms with Gasteiger partial charge >= 0.3 is 0 Å². The smallest absolute Gasteiger partial charge is 0.130 e. The van der Waals surface area contributed by atoms with Gasteiger partial charge in [0.15, 0.2) is 0 Å². The highest BCUT2D eigenvalue weighted by molar-refractivity contribution is 6.18. The molecular formula is C69H151Cl6N16O7+. The topological polar surface area (TPSA) is 280 Å². The number of halogens is 6. The highest BCUT2D eigenvalue weighted by Gasteiger charge is 2.52. The monoisotopic (exact) mass is 1530 g/mol. The molecule has 0 aromatic heterocycles. The number of hydroxylamine groups is 2. The second-order valence-electron chi connectivity index (χ2n) is 34.3. The molecule has 29 heteroatoms. The lowest BCUT2D eigenvalue weighted by molar-refractivity contribution is -1.16. The minimum Gasteiger partial charge on any atom is -1.00 e. The summed E-state index contributed by atoms with van der Waals surface area (Å²) in [7, 11) is 24.0. The molecule has 590 valence electrons. The van der Waals surface area contributed by atoms with Crippen LogP contribution >= 0.6 is 34.8 Å². The first kappa shape index (κ1) is 103. The van der Waals surface area contributed by atoms with Gasteiger partial charge in [0.1, 0.15) is 54.6 Å². The van der Waals surface area contributed by atoms with E-state index in [9.17, 15) is 10.5 Å². The normalized spacial score (nSPS) is 27.1. The van der Waals surface area contributed by atoms with Crippen molar-refractivity contribution >= 4 is 34.8 Å². The van der Waals surface area contributed by atoms with Crippen LogP contribution in [0.15, 0.2) is 0 Å². The summed E-state index contributed by atoms with van der Waals surface area (Å²) in [6.07, 6.45) is 9.00. The molecular weight excluding hydrogens is 1380 g/mol. The van der Waals surface area contributed by atoms with Gasteiger partial charge in [-0.1, -0.05) is 0 Å². The molecule has 0 aromatic rings. The summed E-state index contributed by atoms with van der Waals surface area (Å²) in [6, 6.07) is 3.64. The largest absolute Gasteiger partial charge is 1.00 e. The molecule has 0 spiro atoms. The number of piperidine rings is 3. The van der Waals surface area contributed by atoms with Gasteiger partial charge in [-0.15, -0.1) is 34.8 Å². The minimum atomic E-state index is -0.441. The molecule has 9 heterocycles. The van der Waals surface area contributed by atoms with E-state index in [4.69, 9.17) is 80.4 Å². The van der Waals surface area contributed by atoms with Gasteiger partial charge in [0, 0.05) is 126 Å². The van der Waals surface area contributed by atoms with Crippen LogP contribution in [0.25, 0.3) is 0 Å². The van der Waals surface area contributed by atoms with E-state index >= 15 is 0 Å². The maximum Gasteiger partial charge on any atom is 0.130 e.